The Balaban J connectivity index is 1.58. The van der Waals surface area contributed by atoms with Gasteiger partial charge in [-0.25, -0.2) is 4.79 Å². The van der Waals surface area contributed by atoms with E-state index in [0.29, 0.717) is 17.5 Å². The molecule has 0 bridgehead atoms. The van der Waals surface area contributed by atoms with E-state index < -0.39 is 5.97 Å². The molecule has 0 fully saturated rings. The number of halogens is 1. The fourth-order valence-corrected chi connectivity index (χ4v) is 2.64. The molecule has 1 N–H and O–H groups in total. The van der Waals surface area contributed by atoms with Crippen molar-refractivity contribution in [1.29, 1.82) is 0 Å². The van der Waals surface area contributed by atoms with Crippen LogP contribution in [0.25, 0.3) is 6.08 Å². The molecule has 0 spiro atoms. The van der Waals surface area contributed by atoms with E-state index in [-0.39, 0.29) is 12.5 Å². The molecule has 1 aromatic carbocycles. The quantitative estimate of drug-likeness (QED) is 0.443. The second kappa shape index (κ2) is 9.75. The summed E-state index contributed by atoms with van der Waals surface area (Å²) in [6.07, 6.45) is 2.85. The zero-order valence-electron chi connectivity index (χ0n) is 12.7. The normalized spacial score (nSPS) is 10.5. The molecule has 0 atom stereocenters. The third kappa shape index (κ3) is 6.85. The Labute approximate surface area is 148 Å². The Hall–Kier alpha value is -2.31. The third-order valence-corrected chi connectivity index (χ3v) is 3.96. The number of amides is 1. The third-order valence-electron chi connectivity index (χ3n) is 2.76. The van der Waals surface area contributed by atoms with E-state index in [2.05, 4.69) is 5.32 Å². The largest absolute Gasteiger partial charge is 0.492 e. The highest BCUT2D eigenvalue weighted by Crippen LogP contribution is 2.22. The van der Waals surface area contributed by atoms with Crippen molar-refractivity contribution >= 4 is 40.9 Å². The van der Waals surface area contributed by atoms with Gasteiger partial charge in [-0.05, 0) is 30.3 Å². The highest BCUT2D eigenvalue weighted by atomic mass is 35.5. The van der Waals surface area contributed by atoms with Crippen LogP contribution in [-0.4, -0.2) is 31.6 Å². The predicted octanol–water partition coefficient (Wildman–Crippen LogP) is 3.15. The topological polar surface area (TPSA) is 64.6 Å². The number of hydrogen-bond donors (Lipinski definition) is 1. The summed E-state index contributed by atoms with van der Waals surface area (Å²) >= 11 is 7.13. The van der Waals surface area contributed by atoms with Crippen LogP contribution in [0.5, 0.6) is 5.75 Å². The Morgan fingerprint density at radius 1 is 1.17 bits per heavy atom. The van der Waals surface area contributed by atoms with Crippen molar-refractivity contribution in [3.8, 4) is 5.75 Å². The van der Waals surface area contributed by atoms with E-state index >= 15 is 0 Å². The van der Waals surface area contributed by atoms with Crippen molar-refractivity contribution in [2.75, 3.05) is 19.8 Å². The van der Waals surface area contributed by atoms with E-state index in [0.717, 1.165) is 10.6 Å². The number of rotatable bonds is 8. The number of ether oxygens (including phenoxy) is 2. The second-order valence-electron chi connectivity index (χ2n) is 4.59. The van der Waals surface area contributed by atoms with Crippen molar-refractivity contribution in [3.63, 3.8) is 0 Å². The number of para-hydroxylation sites is 1. The molecule has 7 heteroatoms. The van der Waals surface area contributed by atoms with Crippen LogP contribution in [0.2, 0.25) is 4.34 Å². The van der Waals surface area contributed by atoms with Gasteiger partial charge in [0.25, 0.3) is 5.91 Å². The van der Waals surface area contributed by atoms with E-state index in [1.807, 2.05) is 30.3 Å². The van der Waals surface area contributed by atoms with Gasteiger partial charge in [0.1, 0.15) is 12.4 Å². The lowest BCUT2D eigenvalue weighted by atomic mass is 10.3. The molecule has 0 radical (unpaired) electrons. The molecule has 126 valence electrons. The molecule has 0 unspecified atom stereocenters. The maximum absolute atomic E-state index is 11.6. The van der Waals surface area contributed by atoms with Crippen molar-refractivity contribution < 1.29 is 19.1 Å². The lowest BCUT2D eigenvalue weighted by Crippen LogP contribution is -2.31. The zero-order chi connectivity index (χ0) is 17.2. The molecule has 5 nitrogen and oxygen atoms in total. The molecule has 2 rings (SSSR count). The van der Waals surface area contributed by atoms with Crippen LogP contribution in [0.1, 0.15) is 4.88 Å². The first kappa shape index (κ1) is 18.0. The number of benzene rings is 1. The molecule has 1 aromatic heterocycles. The minimum atomic E-state index is -0.588. The van der Waals surface area contributed by atoms with Crippen LogP contribution in [0.15, 0.2) is 48.5 Å². The monoisotopic (exact) mass is 365 g/mol. The van der Waals surface area contributed by atoms with Gasteiger partial charge >= 0.3 is 5.97 Å². The van der Waals surface area contributed by atoms with Crippen LogP contribution >= 0.6 is 22.9 Å². The minimum Gasteiger partial charge on any atom is -0.492 e. The SMILES string of the molecule is O=C(COC(=O)/C=C/c1ccc(Cl)s1)NCCOc1ccccc1. The Kier molecular flexibility index (Phi) is 7.32. The van der Waals surface area contributed by atoms with Gasteiger partial charge in [0, 0.05) is 11.0 Å². The number of hydrogen-bond acceptors (Lipinski definition) is 5. The van der Waals surface area contributed by atoms with E-state index in [4.69, 9.17) is 21.1 Å². The molecule has 0 aliphatic rings. The second-order valence-corrected chi connectivity index (χ2v) is 6.34. The fraction of sp³-hybridized carbons (Fsp3) is 0.176. The summed E-state index contributed by atoms with van der Waals surface area (Å²) in [7, 11) is 0. The molecule has 2 aromatic rings. The van der Waals surface area contributed by atoms with Crippen LogP contribution < -0.4 is 10.1 Å². The molecular weight excluding hydrogens is 350 g/mol. The number of carbonyl (C=O) groups excluding carboxylic acids is 2. The highest BCUT2D eigenvalue weighted by molar-refractivity contribution is 7.17. The zero-order valence-corrected chi connectivity index (χ0v) is 14.3. The van der Waals surface area contributed by atoms with Crippen molar-refractivity contribution in [1.82, 2.24) is 5.32 Å². The number of carbonyl (C=O) groups is 2. The summed E-state index contributed by atoms with van der Waals surface area (Å²) in [5.74, 6) is -0.236. The average molecular weight is 366 g/mol. The maximum Gasteiger partial charge on any atom is 0.331 e. The van der Waals surface area contributed by atoms with Crippen LogP contribution in [-0.2, 0) is 14.3 Å². The lowest BCUT2D eigenvalue weighted by Gasteiger charge is -2.07. The minimum absolute atomic E-state index is 0.328. The molecule has 0 aliphatic heterocycles. The first-order chi connectivity index (χ1) is 11.6. The van der Waals surface area contributed by atoms with Gasteiger partial charge in [-0.15, -0.1) is 11.3 Å². The van der Waals surface area contributed by atoms with Gasteiger partial charge in [-0.1, -0.05) is 29.8 Å². The summed E-state index contributed by atoms with van der Waals surface area (Å²) in [6, 6.07) is 12.8. The van der Waals surface area contributed by atoms with Gasteiger partial charge in [-0.3, -0.25) is 4.79 Å². The van der Waals surface area contributed by atoms with Crippen molar-refractivity contribution in [2.24, 2.45) is 0 Å². The maximum atomic E-state index is 11.6. The predicted molar refractivity (Wildman–Crippen MR) is 94.3 cm³/mol. The standard InChI is InChI=1S/C17H16ClNO4S/c18-15-8-6-14(24-15)7-9-17(21)23-12-16(20)19-10-11-22-13-4-2-1-3-5-13/h1-9H,10-12H2,(H,19,20)/b9-7+. The average Bonchev–Trinajstić information content (AvgIpc) is 3.01. The molecule has 24 heavy (non-hydrogen) atoms. The van der Waals surface area contributed by atoms with Gasteiger partial charge in [0.15, 0.2) is 6.61 Å². The van der Waals surface area contributed by atoms with E-state index in [1.54, 1.807) is 18.2 Å². The summed E-state index contributed by atoms with van der Waals surface area (Å²) in [6.45, 7) is 0.331. The fourth-order valence-electron chi connectivity index (χ4n) is 1.68. The molecular formula is C17H16ClNO4S. The van der Waals surface area contributed by atoms with Gasteiger partial charge in [0.05, 0.1) is 10.9 Å². The first-order valence-corrected chi connectivity index (χ1v) is 8.37. The highest BCUT2D eigenvalue weighted by Gasteiger charge is 2.05. The van der Waals surface area contributed by atoms with Gasteiger partial charge in [-0.2, -0.15) is 0 Å². The van der Waals surface area contributed by atoms with Crippen molar-refractivity contribution in [2.45, 2.75) is 0 Å². The molecule has 1 heterocycles. The molecule has 0 saturated heterocycles. The van der Waals surface area contributed by atoms with Crippen molar-refractivity contribution in [3.05, 3.63) is 57.8 Å². The lowest BCUT2D eigenvalue weighted by molar-refractivity contribution is -0.143. The van der Waals surface area contributed by atoms with Crippen LogP contribution in [0, 0.1) is 0 Å². The summed E-state index contributed by atoms with van der Waals surface area (Å²) in [4.78, 5) is 23.9. The molecule has 1 amide bonds. The Morgan fingerprint density at radius 3 is 2.67 bits per heavy atom. The molecule has 0 aliphatic carbocycles. The smallest absolute Gasteiger partial charge is 0.331 e. The van der Waals surface area contributed by atoms with Gasteiger partial charge < -0.3 is 14.8 Å². The summed E-state index contributed by atoms with van der Waals surface area (Å²) < 4.78 is 10.9. The van der Waals surface area contributed by atoms with E-state index in [1.165, 1.54) is 17.4 Å². The van der Waals surface area contributed by atoms with E-state index in [9.17, 15) is 9.59 Å². The van der Waals surface area contributed by atoms with Gasteiger partial charge in [0.2, 0.25) is 0 Å². The van der Waals surface area contributed by atoms with Crippen LogP contribution in [0.4, 0.5) is 0 Å². The van der Waals surface area contributed by atoms with Crippen LogP contribution in [0.3, 0.4) is 0 Å². The number of nitrogens with one attached hydrogen (secondary N) is 1. The summed E-state index contributed by atoms with van der Waals surface area (Å²) in [5, 5.41) is 2.60. The summed E-state index contributed by atoms with van der Waals surface area (Å²) in [5.41, 5.74) is 0. The Morgan fingerprint density at radius 2 is 1.96 bits per heavy atom. The molecule has 0 saturated carbocycles. The Bertz CT molecular complexity index is 700. The number of thiophene rings is 1. The number of esters is 1. The first-order valence-electron chi connectivity index (χ1n) is 7.18.